The van der Waals surface area contributed by atoms with E-state index in [4.69, 9.17) is 11.6 Å². The van der Waals surface area contributed by atoms with Gasteiger partial charge in [-0.3, -0.25) is 0 Å². The molecule has 4 heteroatoms. The highest BCUT2D eigenvalue weighted by molar-refractivity contribution is 6.31. The lowest BCUT2D eigenvalue weighted by Gasteiger charge is -2.41. The molecule has 100 valence electrons. The number of likely N-dealkylation sites (tertiary alicyclic amines) is 1. The average Bonchev–Trinajstić information content (AvgIpc) is 2.29. The topological polar surface area (TPSA) is 23.5 Å². The molecule has 0 spiro atoms. The smallest absolute Gasteiger partial charge is 0.123 e. The first kappa shape index (κ1) is 13.8. The van der Waals surface area contributed by atoms with Crippen LogP contribution in [0.5, 0.6) is 0 Å². The fraction of sp³-hybridized carbons (Fsp3) is 0.571. The predicted octanol–water partition coefficient (Wildman–Crippen LogP) is 2.87. The minimum Gasteiger partial charge on any atom is -0.389 e. The van der Waals surface area contributed by atoms with Crippen molar-refractivity contribution in [2.24, 2.45) is 0 Å². The summed E-state index contributed by atoms with van der Waals surface area (Å²) >= 11 is 6.05. The molecule has 2 atom stereocenters. The third-order valence-corrected chi connectivity index (χ3v) is 4.25. The maximum Gasteiger partial charge on any atom is 0.123 e. The highest BCUT2D eigenvalue weighted by atomic mass is 35.5. The molecule has 1 heterocycles. The maximum absolute atomic E-state index is 13.2. The van der Waals surface area contributed by atoms with Crippen molar-refractivity contribution in [2.45, 2.75) is 37.8 Å². The molecule has 2 unspecified atom stereocenters. The summed E-state index contributed by atoms with van der Waals surface area (Å²) in [6.07, 6.45) is 1.80. The molecule has 1 fully saturated rings. The van der Waals surface area contributed by atoms with Gasteiger partial charge in [0.25, 0.3) is 0 Å². The predicted molar refractivity (Wildman–Crippen MR) is 71.4 cm³/mol. The molecule has 0 amide bonds. The van der Waals surface area contributed by atoms with Crippen LogP contribution in [0.15, 0.2) is 18.2 Å². The third-order valence-electron chi connectivity index (χ3n) is 3.88. The van der Waals surface area contributed by atoms with Crippen molar-refractivity contribution in [1.29, 1.82) is 0 Å². The second kappa shape index (κ2) is 5.16. The van der Waals surface area contributed by atoms with E-state index in [1.807, 2.05) is 0 Å². The Bertz CT molecular complexity index is 440. The molecule has 0 saturated carbocycles. The lowest BCUT2D eigenvalue weighted by Crippen LogP contribution is -2.48. The molecular weight excluding hydrogens is 253 g/mol. The third kappa shape index (κ3) is 3.02. The van der Waals surface area contributed by atoms with Gasteiger partial charge in [0.05, 0.1) is 5.60 Å². The summed E-state index contributed by atoms with van der Waals surface area (Å²) in [4.78, 5) is 2.22. The van der Waals surface area contributed by atoms with Crippen LogP contribution in [0, 0.1) is 5.82 Å². The Morgan fingerprint density at radius 3 is 2.94 bits per heavy atom. The molecule has 0 radical (unpaired) electrons. The number of rotatable bonds is 2. The van der Waals surface area contributed by atoms with Crippen LogP contribution in [-0.4, -0.2) is 35.2 Å². The van der Waals surface area contributed by atoms with Crippen molar-refractivity contribution < 1.29 is 9.50 Å². The van der Waals surface area contributed by atoms with Gasteiger partial charge in [-0.05, 0) is 50.6 Å². The minimum absolute atomic E-state index is 0.307. The van der Waals surface area contributed by atoms with Crippen LogP contribution in [-0.2, 0) is 6.42 Å². The van der Waals surface area contributed by atoms with Crippen LogP contribution in [0.25, 0.3) is 0 Å². The van der Waals surface area contributed by atoms with Crippen LogP contribution in [0.2, 0.25) is 5.02 Å². The molecule has 0 aromatic heterocycles. The van der Waals surface area contributed by atoms with Gasteiger partial charge in [0.15, 0.2) is 0 Å². The van der Waals surface area contributed by atoms with Gasteiger partial charge >= 0.3 is 0 Å². The summed E-state index contributed by atoms with van der Waals surface area (Å²) in [5.41, 5.74) is -0.0838. The molecule has 1 N–H and O–H groups in total. The van der Waals surface area contributed by atoms with E-state index in [1.165, 1.54) is 12.1 Å². The molecule has 1 aromatic rings. The van der Waals surface area contributed by atoms with Gasteiger partial charge in [-0.25, -0.2) is 4.39 Å². The first-order valence-electron chi connectivity index (χ1n) is 6.26. The van der Waals surface area contributed by atoms with Crippen molar-refractivity contribution in [3.8, 4) is 0 Å². The number of aliphatic hydroxyl groups is 1. The second-order valence-electron chi connectivity index (χ2n) is 5.42. The van der Waals surface area contributed by atoms with E-state index in [9.17, 15) is 9.50 Å². The van der Waals surface area contributed by atoms with Crippen LogP contribution in [0.3, 0.4) is 0 Å². The maximum atomic E-state index is 13.2. The largest absolute Gasteiger partial charge is 0.389 e. The quantitative estimate of drug-likeness (QED) is 0.894. The number of nitrogens with zero attached hydrogens (tertiary/aromatic N) is 1. The van der Waals surface area contributed by atoms with E-state index in [0.717, 1.165) is 6.54 Å². The summed E-state index contributed by atoms with van der Waals surface area (Å²) in [5.74, 6) is -0.307. The first-order valence-corrected chi connectivity index (χ1v) is 6.64. The molecular formula is C14H19ClFNO. The second-order valence-corrected chi connectivity index (χ2v) is 5.83. The number of piperidine rings is 1. The van der Waals surface area contributed by atoms with Crippen molar-refractivity contribution in [3.63, 3.8) is 0 Å². The summed E-state index contributed by atoms with van der Waals surface area (Å²) in [5, 5.41) is 11.1. The van der Waals surface area contributed by atoms with Gasteiger partial charge in [-0.2, -0.15) is 0 Å². The zero-order valence-electron chi connectivity index (χ0n) is 10.8. The Hall–Kier alpha value is -0.640. The van der Waals surface area contributed by atoms with Crippen molar-refractivity contribution in [1.82, 2.24) is 4.90 Å². The van der Waals surface area contributed by atoms with E-state index >= 15 is 0 Å². The molecule has 2 nitrogen and oxygen atoms in total. The van der Waals surface area contributed by atoms with Gasteiger partial charge < -0.3 is 10.0 Å². The summed E-state index contributed by atoms with van der Waals surface area (Å²) in [6.45, 7) is 2.95. The van der Waals surface area contributed by atoms with E-state index in [2.05, 4.69) is 18.9 Å². The lowest BCUT2D eigenvalue weighted by atomic mass is 9.82. The summed E-state index contributed by atoms with van der Waals surface area (Å²) < 4.78 is 13.2. The zero-order valence-corrected chi connectivity index (χ0v) is 11.5. The molecule has 1 aromatic carbocycles. The van der Waals surface area contributed by atoms with Crippen LogP contribution in [0.4, 0.5) is 4.39 Å². The Kier molecular flexibility index (Phi) is 3.95. The Labute approximate surface area is 112 Å². The molecule has 1 saturated heterocycles. The normalized spacial score (nSPS) is 29.5. The highest BCUT2D eigenvalue weighted by Gasteiger charge is 2.35. The van der Waals surface area contributed by atoms with E-state index < -0.39 is 5.60 Å². The van der Waals surface area contributed by atoms with Crippen molar-refractivity contribution >= 4 is 11.6 Å². The van der Waals surface area contributed by atoms with E-state index in [-0.39, 0.29) is 5.82 Å². The Morgan fingerprint density at radius 2 is 2.28 bits per heavy atom. The lowest BCUT2D eigenvalue weighted by molar-refractivity contribution is -0.0353. The standard InChI is InChI=1S/C14H19ClFNO/c1-10-8-14(18,5-6-17(10)2)9-11-7-12(16)3-4-13(11)15/h3-4,7,10,18H,5-6,8-9H2,1-2H3. The molecule has 1 aliphatic heterocycles. The number of benzene rings is 1. The summed E-state index contributed by atoms with van der Waals surface area (Å²) in [6, 6.07) is 4.64. The molecule has 0 aliphatic carbocycles. The van der Waals surface area contributed by atoms with Gasteiger partial charge in [0.2, 0.25) is 0 Å². The molecule has 2 rings (SSSR count). The molecule has 18 heavy (non-hydrogen) atoms. The Balaban J connectivity index is 2.15. The number of hydrogen-bond donors (Lipinski definition) is 1. The van der Waals surface area contributed by atoms with Crippen LogP contribution in [0.1, 0.15) is 25.3 Å². The molecule has 0 bridgehead atoms. The summed E-state index contributed by atoms with van der Waals surface area (Å²) in [7, 11) is 2.05. The number of halogens is 2. The SMILES string of the molecule is CC1CC(O)(Cc2cc(F)ccc2Cl)CCN1C. The van der Waals surface area contributed by atoms with Gasteiger partial charge in [-0.1, -0.05) is 11.6 Å². The van der Waals surface area contributed by atoms with E-state index in [0.29, 0.717) is 35.9 Å². The average molecular weight is 272 g/mol. The van der Waals surface area contributed by atoms with Crippen molar-refractivity contribution in [3.05, 3.63) is 34.6 Å². The van der Waals surface area contributed by atoms with Crippen LogP contribution >= 0.6 is 11.6 Å². The molecule has 1 aliphatic rings. The van der Waals surface area contributed by atoms with Crippen molar-refractivity contribution in [2.75, 3.05) is 13.6 Å². The first-order chi connectivity index (χ1) is 8.39. The minimum atomic E-state index is -0.774. The fourth-order valence-electron chi connectivity index (χ4n) is 2.61. The van der Waals surface area contributed by atoms with Gasteiger partial charge in [0.1, 0.15) is 5.82 Å². The fourth-order valence-corrected chi connectivity index (χ4v) is 2.79. The highest BCUT2D eigenvalue weighted by Crippen LogP contribution is 2.31. The monoisotopic (exact) mass is 271 g/mol. The zero-order chi connectivity index (χ0) is 13.3. The van der Waals surface area contributed by atoms with Gasteiger partial charge in [0, 0.05) is 24.0 Å². The van der Waals surface area contributed by atoms with Crippen LogP contribution < -0.4 is 0 Å². The number of hydrogen-bond acceptors (Lipinski definition) is 2. The Morgan fingerprint density at radius 1 is 1.56 bits per heavy atom. The van der Waals surface area contributed by atoms with Gasteiger partial charge in [-0.15, -0.1) is 0 Å². The van der Waals surface area contributed by atoms with E-state index in [1.54, 1.807) is 6.07 Å².